The molecule has 8 heteroatoms. The minimum atomic E-state index is -0.207. The molecule has 0 spiro atoms. The van der Waals surface area contributed by atoms with Crippen molar-refractivity contribution < 1.29 is 4.79 Å². The predicted molar refractivity (Wildman–Crippen MR) is 133 cm³/mol. The fraction of sp³-hybridized carbons (Fsp3) is 0.192. The van der Waals surface area contributed by atoms with E-state index in [0.29, 0.717) is 29.3 Å². The number of benzene rings is 2. The number of H-pyrrole nitrogens is 1. The molecule has 34 heavy (non-hydrogen) atoms. The van der Waals surface area contributed by atoms with Crippen molar-refractivity contribution in [2.75, 3.05) is 0 Å². The van der Waals surface area contributed by atoms with Gasteiger partial charge in [-0.25, -0.2) is 0 Å². The van der Waals surface area contributed by atoms with Gasteiger partial charge in [-0.1, -0.05) is 23.7 Å². The summed E-state index contributed by atoms with van der Waals surface area (Å²) in [4.78, 5) is 27.7. The lowest BCUT2D eigenvalue weighted by Crippen LogP contribution is -2.24. The highest BCUT2D eigenvalue weighted by molar-refractivity contribution is 6.31. The Kier molecular flexibility index (Phi) is 6.56. The zero-order valence-electron chi connectivity index (χ0n) is 19.3. The zero-order valence-corrected chi connectivity index (χ0v) is 20.0. The van der Waals surface area contributed by atoms with Gasteiger partial charge in [-0.05, 0) is 66.4 Å². The molecule has 7 nitrogen and oxygen atoms in total. The predicted octanol–water partition coefficient (Wildman–Crippen LogP) is 3.91. The molecular weight excluding hydrogens is 450 g/mol. The number of rotatable bonds is 6. The number of amides is 1. The molecule has 0 unspecified atom stereocenters. The maximum atomic E-state index is 13.1. The van der Waals surface area contributed by atoms with E-state index in [0.717, 1.165) is 33.5 Å². The van der Waals surface area contributed by atoms with Gasteiger partial charge in [0.05, 0.1) is 6.54 Å². The van der Waals surface area contributed by atoms with Crippen LogP contribution in [0.5, 0.6) is 0 Å². The first kappa shape index (κ1) is 23.3. The number of carbonyl (C=O) groups is 1. The van der Waals surface area contributed by atoms with E-state index in [1.165, 1.54) is 6.07 Å². The second kappa shape index (κ2) is 9.57. The number of hydrogen-bond donors (Lipinski definition) is 3. The lowest BCUT2D eigenvalue weighted by atomic mass is 9.98. The second-order valence-electron chi connectivity index (χ2n) is 8.41. The average Bonchev–Trinajstić information content (AvgIpc) is 3.11. The van der Waals surface area contributed by atoms with Crippen LogP contribution in [-0.4, -0.2) is 20.0 Å². The molecule has 3 N–H and O–H groups in total. The van der Waals surface area contributed by atoms with Gasteiger partial charge in [0, 0.05) is 53.9 Å². The number of nitrogens with one attached hydrogen (secondary N) is 3. The summed E-state index contributed by atoms with van der Waals surface area (Å²) in [5, 5.41) is 11.9. The van der Waals surface area contributed by atoms with Crippen molar-refractivity contribution in [2.24, 2.45) is 7.05 Å². The Morgan fingerprint density at radius 2 is 1.85 bits per heavy atom. The van der Waals surface area contributed by atoms with E-state index in [9.17, 15) is 9.59 Å². The van der Waals surface area contributed by atoms with E-state index in [4.69, 9.17) is 17.0 Å². The molecule has 2 aromatic carbocycles. The topological polar surface area (TPSA) is 95.7 Å². The molecule has 0 bridgehead atoms. The highest BCUT2D eigenvalue weighted by atomic mass is 35.5. The Bertz CT molecular complexity index is 1500. The van der Waals surface area contributed by atoms with Gasteiger partial charge < -0.3 is 19.4 Å². The standard InChI is InChI=1S/C26H26ClN5O2/c1-16-10-18(4-6-23(16)27)14-29-25(34)21-12-19(15-32-9-8-31(3)26(32)28)11-20(13-21)22-5-7-24(33)30-17(22)2/h4-13,28H,14-15H2,1-3H3,(H,29,34)(H,30,33). The quantitative estimate of drug-likeness (QED) is 0.394. The summed E-state index contributed by atoms with van der Waals surface area (Å²) >= 11 is 6.11. The van der Waals surface area contributed by atoms with Gasteiger partial charge in [-0.2, -0.15) is 0 Å². The summed E-state index contributed by atoms with van der Waals surface area (Å²) in [5.41, 5.74) is 5.87. The van der Waals surface area contributed by atoms with E-state index in [-0.39, 0.29) is 11.5 Å². The first-order valence-electron chi connectivity index (χ1n) is 10.8. The van der Waals surface area contributed by atoms with Crippen LogP contribution in [-0.2, 0) is 20.1 Å². The van der Waals surface area contributed by atoms with Crippen molar-refractivity contribution in [1.82, 2.24) is 19.4 Å². The fourth-order valence-corrected chi connectivity index (χ4v) is 4.03. The number of carbonyl (C=O) groups excluding carboxylic acids is 1. The van der Waals surface area contributed by atoms with E-state index in [1.807, 2.05) is 69.7 Å². The van der Waals surface area contributed by atoms with E-state index < -0.39 is 0 Å². The van der Waals surface area contributed by atoms with Gasteiger partial charge in [-0.15, -0.1) is 0 Å². The van der Waals surface area contributed by atoms with Gasteiger partial charge in [0.1, 0.15) is 0 Å². The first-order chi connectivity index (χ1) is 16.2. The summed E-state index contributed by atoms with van der Waals surface area (Å²) in [7, 11) is 1.82. The van der Waals surface area contributed by atoms with Crippen molar-refractivity contribution in [3.8, 4) is 11.1 Å². The van der Waals surface area contributed by atoms with Crippen molar-refractivity contribution >= 4 is 17.5 Å². The third kappa shape index (κ3) is 5.05. The molecule has 0 aliphatic heterocycles. The van der Waals surface area contributed by atoms with Crippen molar-refractivity contribution in [1.29, 1.82) is 5.41 Å². The molecule has 0 aliphatic carbocycles. The summed E-state index contributed by atoms with van der Waals surface area (Å²) in [6, 6.07) is 14.6. The Balaban J connectivity index is 1.69. The lowest BCUT2D eigenvalue weighted by Gasteiger charge is -2.13. The van der Waals surface area contributed by atoms with Crippen LogP contribution in [0.25, 0.3) is 11.1 Å². The van der Waals surface area contributed by atoms with Crippen LogP contribution >= 0.6 is 11.6 Å². The molecule has 0 saturated carbocycles. The van der Waals surface area contributed by atoms with Gasteiger partial charge in [-0.3, -0.25) is 15.0 Å². The number of imidazole rings is 1. The molecule has 0 aliphatic rings. The number of nitrogens with zero attached hydrogens (tertiary/aromatic N) is 2. The summed E-state index contributed by atoms with van der Waals surface area (Å²) in [5.74, 6) is -0.207. The van der Waals surface area contributed by atoms with Crippen molar-refractivity contribution in [2.45, 2.75) is 26.9 Å². The van der Waals surface area contributed by atoms with Crippen molar-refractivity contribution in [3.63, 3.8) is 0 Å². The first-order valence-corrected chi connectivity index (χ1v) is 11.2. The number of halogens is 1. The monoisotopic (exact) mass is 475 g/mol. The lowest BCUT2D eigenvalue weighted by molar-refractivity contribution is 0.0951. The molecule has 0 atom stereocenters. The number of hydrogen-bond acceptors (Lipinski definition) is 3. The number of aryl methyl sites for hydroxylation is 3. The normalized spacial score (nSPS) is 10.9. The van der Waals surface area contributed by atoms with Crippen molar-refractivity contribution in [3.05, 3.63) is 110 Å². The van der Waals surface area contributed by atoms with Gasteiger partial charge in [0.15, 0.2) is 0 Å². The fourth-order valence-electron chi connectivity index (χ4n) is 3.91. The number of pyridine rings is 1. The number of aromatic nitrogens is 3. The van der Waals surface area contributed by atoms with E-state index in [2.05, 4.69) is 10.3 Å². The van der Waals surface area contributed by atoms with E-state index >= 15 is 0 Å². The molecular formula is C26H26ClN5O2. The molecule has 2 aromatic heterocycles. The highest BCUT2D eigenvalue weighted by Crippen LogP contribution is 2.25. The van der Waals surface area contributed by atoms with Crippen LogP contribution in [0.3, 0.4) is 0 Å². The SMILES string of the molecule is Cc1cc(CNC(=O)c2cc(Cn3ccn(C)c3=N)cc(-c3ccc(=O)[nH]c3C)c2)ccc1Cl. The third-order valence-electron chi connectivity index (χ3n) is 5.79. The second-order valence-corrected chi connectivity index (χ2v) is 8.81. The molecule has 0 radical (unpaired) electrons. The minimum Gasteiger partial charge on any atom is -0.348 e. The molecule has 1 amide bonds. The molecule has 0 saturated heterocycles. The van der Waals surface area contributed by atoms with Crippen LogP contribution in [0.4, 0.5) is 0 Å². The Hall–Kier alpha value is -3.84. The molecule has 4 aromatic rings. The minimum absolute atomic E-state index is 0.174. The Morgan fingerprint density at radius 1 is 1.06 bits per heavy atom. The average molecular weight is 476 g/mol. The van der Waals surface area contributed by atoms with Gasteiger partial charge in [0.2, 0.25) is 11.2 Å². The Morgan fingerprint density at radius 3 is 2.53 bits per heavy atom. The molecule has 4 rings (SSSR count). The Labute approximate surface area is 202 Å². The van der Waals surface area contributed by atoms with Gasteiger partial charge in [0.25, 0.3) is 5.91 Å². The van der Waals surface area contributed by atoms with Crippen LogP contribution in [0.1, 0.15) is 32.7 Å². The molecule has 2 heterocycles. The van der Waals surface area contributed by atoms with Crippen LogP contribution < -0.4 is 16.5 Å². The van der Waals surface area contributed by atoms with Gasteiger partial charge >= 0.3 is 0 Å². The molecule has 0 fully saturated rings. The summed E-state index contributed by atoms with van der Waals surface area (Å²) < 4.78 is 3.52. The zero-order chi connectivity index (χ0) is 24.4. The maximum absolute atomic E-state index is 13.1. The highest BCUT2D eigenvalue weighted by Gasteiger charge is 2.13. The van der Waals surface area contributed by atoms with Crippen LogP contribution in [0.2, 0.25) is 5.02 Å². The number of aromatic amines is 1. The molecule has 174 valence electrons. The van der Waals surface area contributed by atoms with Crippen LogP contribution in [0.15, 0.2) is 65.7 Å². The smallest absolute Gasteiger partial charge is 0.251 e. The summed E-state index contributed by atoms with van der Waals surface area (Å²) in [6.45, 7) is 4.57. The summed E-state index contributed by atoms with van der Waals surface area (Å²) in [6.07, 6.45) is 3.66. The van der Waals surface area contributed by atoms with Crippen LogP contribution in [0, 0.1) is 19.3 Å². The van der Waals surface area contributed by atoms with E-state index in [1.54, 1.807) is 15.2 Å². The third-order valence-corrected chi connectivity index (χ3v) is 6.21. The largest absolute Gasteiger partial charge is 0.348 e. The maximum Gasteiger partial charge on any atom is 0.251 e.